The van der Waals surface area contributed by atoms with Crippen molar-refractivity contribution in [3.8, 4) is 0 Å². The summed E-state index contributed by atoms with van der Waals surface area (Å²) in [5.74, 6) is 0.644. The molecule has 0 bridgehead atoms. The minimum Gasteiger partial charge on any atom is -0.395 e. The van der Waals surface area contributed by atoms with Crippen molar-refractivity contribution in [2.24, 2.45) is 5.92 Å². The molecule has 1 atom stereocenters. The quantitative estimate of drug-likeness (QED) is 0.546. The van der Waals surface area contributed by atoms with E-state index >= 15 is 0 Å². The first kappa shape index (κ1) is 11.9. The second kappa shape index (κ2) is 6.40. The highest BCUT2D eigenvalue weighted by Gasteiger charge is 2.10. The lowest BCUT2D eigenvalue weighted by Gasteiger charge is -2.21. The molecule has 0 heterocycles. The fraction of sp³-hybridized carbons (Fsp3) is 1.00. The van der Waals surface area contributed by atoms with Crippen molar-refractivity contribution in [3.05, 3.63) is 0 Å². The summed E-state index contributed by atoms with van der Waals surface area (Å²) in [4.78, 5) is 0. The van der Waals surface area contributed by atoms with Gasteiger partial charge >= 0.3 is 0 Å². The van der Waals surface area contributed by atoms with Gasteiger partial charge in [-0.05, 0) is 19.3 Å². The van der Waals surface area contributed by atoms with Gasteiger partial charge in [-0.2, -0.15) is 0 Å². The van der Waals surface area contributed by atoms with Crippen LogP contribution in [0.2, 0.25) is 0 Å². The van der Waals surface area contributed by atoms with E-state index in [2.05, 4.69) is 26.1 Å². The zero-order valence-electron chi connectivity index (χ0n) is 8.25. The summed E-state index contributed by atoms with van der Waals surface area (Å²) in [7, 11) is 0. The molecule has 0 spiro atoms. The van der Waals surface area contributed by atoms with Crippen LogP contribution in [-0.2, 0) is 0 Å². The molecule has 0 aliphatic carbocycles. The molecule has 1 unspecified atom stereocenters. The van der Waals surface area contributed by atoms with E-state index in [1.54, 1.807) is 0 Å². The molecule has 0 saturated heterocycles. The van der Waals surface area contributed by atoms with Crippen molar-refractivity contribution in [1.82, 2.24) is 5.32 Å². The fourth-order valence-electron chi connectivity index (χ4n) is 1.34. The Hall–Kier alpha value is -0.120. The van der Waals surface area contributed by atoms with Gasteiger partial charge in [0.25, 0.3) is 0 Å². The smallest absolute Gasteiger partial charge is 0.0607 e. The molecule has 12 heavy (non-hydrogen) atoms. The van der Waals surface area contributed by atoms with Crippen LogP contribution in [0.25, 0.3) is 0 Å². The monoisotopic (exact) mass is 175 g/mol. The summed E-state index contributed by atoms with van der Waals surface area (Å²) in [5.41, 5.74) is 0. The largest absolute Gasteiger partial charge is 0.395 e. The van der Waals surface area contributed by atoms with Gasteiger partial charge in [-0.3, -0.25) is 0 Å². The Balaban J connectivity index is 3.58. The number of aliphatic hydroxyl groups excluding tert-OH is 2. The summed E-state index contributed by atoms with van der Waals surface area (Å²) in [6.45, 7) is 6.38. The van der Waals surface area contributed by atoms with Crippen LogP contribution >= 0.6 is 0 Å². The van der Waals surface area contributed by atoms with Crippen LogP contribution in [0.1, 0.15) is 27.2 Å². The summed E-state index contributed by atoms with van der Waals surface area (Å²) >= 11 is 0. The second-order valence-corrected chi connectivity index (χ2v) is 3.76. The van der Waals surface area contributed by atoms with E-state index in [-0.39, 0.29) is 19.3 Å². The third-order valence-electron chi connectivity index (χ3n) is 1.79. The molecule has 3 N–H and O–H groups in total. The summed E-state index contributed by atoms with van der Waals surface area (Å²) in [6.07, 6.45) is 1.07. The minimum atomic E-state index is -0.168. The van der Waals surface area contributed by atoms with Gasteiger partial charge in [-0.1, -0.05) is 13.8 Å². The molecular weight excluding hydrogens is 154 g/mol. The van der Waals surface area contributed by atoms with Gasteiger partial charge in [-0.25, -0.2) is 0 Å². The van der Waals surface area contributed by atoms with Crippen molar-refractivity contribution in [2.75, 3.05) is 13.2 Å². The van der Waals surface area contributed by atoms with Crippen LogP contribution in [0.3, 0.4) is 0 Å². The molecule has 0 amide bonds. The van der Waals surface area contributed by atoms with Gasteiger partial charge in [0.2, 0.25) is 0 Å². The average Bonchev–Trinajstić information content (AvgIpc) is 1.98. The number of aliphatic hydroxyl groups is 2. The van der Waals surface area contributed by atoms with E-state index in [4.69, 9.17) is 10.2 Å². The van der Waals surface area contributed by atoms with Crippen molar-refractivity contribution < 1.29 is 10.2 Å². The van der Waals surface area contributed by atoms with Gasteiger partial charge in [-0.15, -0.1) is 0 Å². The van der Waals surface area contributed by atoms with E-state index in [9.17, 15) is 0 Å². The zero-order chi connectivity index (χ0) is 9.56. The number of hydrogen-bond acceptors (Lipinski definition) is 3. The van der Waals surface area contributed by atoms with Crippen molar-refractivity contribution in [1.29, 1.82) is 0 Å². The molecule has 0 saturated carbocycles. The maximum atomic E-state index is 8.79. The Kier molecular flexibility index (Phi) is 6.34. The topological polar surface area (TPSA) is 52.5 Å². The highest BCUT2D eigenvalue weighted by molar-refractivity contribution is 4.70. The van der Waals surface area contributed by atoms with Gasteiger partial charge < -0.3 is 15.5 Å². The first-order chi connectivity index (χ1) is 5.60. The SMILES string of the molecule is CC(C)CC(C)NC(CO)CO. The second-order valence-electron chi connectivity index (χ2n) is 3.76. The van der Waals surface area contributed by atoms with Crippen molar-refractivity contribution in [2.45, 2.75) is 39.3 Å². The molecule has 74 valence electrons. The maximum Gasteiger partial charge on any atom is 0.0607 e. The Bertz CT molecular complexity index is 103. The predicted molar refractivity (Wildman–Crippen MR) is 50.0 cm³/mol. The lowest BCUT2D eigenvalue weighted by molar-refractivity contribution is 0.160. The number of nitrogens with one attached hydrogen (secondary N) is 1. The van der Waals surface area contributed by atoms with E-state index in [0.29, 0.717) is 12.0 Å². The molecule has 3 heteroatoms. The molecule has 0 aromatic rings. The van der Waals surface area contributed by atoms with Crippen LogP contribution in [-0.4, -0.2) is 35.5 Å². The van der Waals surface area contributed by atoms with E-state index in [1.165, 1.54) is 0 Å². The molecule has 0 rings (SSSR count). The zero-order valence-corrected chi connectivity index (χ0v) is 8.25. The van der Waals surface area contributed by atoms with Gasteiger partial charge in [0.05, 0.1) is 19.3 Å². The van der Waals surface area contributed by atoms with E-state index in [0.717, 1.165) is 6.42 Å². The van der Waals surface area contributed by atoms with Crippen LogP contribution in [0, 0.1) is 5.92 Å². The van der Waals surface area contributed by atoms with Crippen molar-refractivity contribution in [3.63, 3.8) is 0 Å². The van der Waals surface area contributed by atoms with Gasteiger partial charge in [0.1, 0.15) is 0 Å². The molecule has 0 aromatic heterocycles. The third kappa shape index (κ3) is 5.52. The molecular formula is C9H21NO2. The van der Waals surface area contributed by atoms with Gasteiger partial charge in [0, 0.05) is 6.04 Å². The van der Waals surface area contributed by atoms with Crippen LogP contribution in [0.5, 0.6) is 0 Å². The summed E-state index contributed by atoms with van der Waals surface area (Å²) < 4.78 is 0. The summed E-state index contributed by atoms with van der Waals surface area (Å²) in [6, 6.07) is 0.188. The first-order valence-electron chi connectivity index (χ1n) is 4.57. The lowest BCUT2D eigenvalue weighted by atomic mass is 10.0. The predicted octanol–water partition coefficient (Wildman–Crippen LogP) is 0.364. The normalized spacial score (nSPS) is 14.2. The maximum absolute atomic E-state index is 8.79. The Labute approximate surface area is 74.8 Å². The lowest BCUT2D eigenvalue weighted by Crippen LogP contribution is -2.41. The highest BCUT2D eigenvalue weighted by Crippen LogP contribution is 2.04. The van der Waals surface area contributed by atoms with Crippen LogP contribution in [0.15, 0.2) is 0 Å². The molecule has 3 nitrogen and oxygen atoms in total. The molecule has 0 aromatic carbocycles. The Morgan fingerprint density at radius 3 is 1.92 bits per heavy atom. The molecule has 0 fully saturated rings. The Morgan fingerprint density at radius 2 is 1.58 bits per heavy atom. The minimum absolute atomic E-state index is 0.00106. The fourth-order valence-corrected chi connectivity index (χ4v) is 1.34. The van der Waals surface area contributed by atoms with E-state index in [1.807, 2.05) is 0 Å². The Morgan fingerprint density at radius 1 is 1.08 bits per heavy atom. The van der Waals surface area contributed by atoms with Crippen LogP contribution in [0.4, 0.5) is 0 Å². The molecule has 0 aliphatic rings. The van der Waals surface area contributed by atoms with Gasteiger partial charge in [0.15, 0.2) is 0 Å². The van der Waals surface area contributed by atoms with Crippen molar-refractivity contribution >= 4 is 0 Å². The number of hydrogen-bond donors (Lipinski definition) is 3. The highest BCUT2D eigenvalue weighted by atomic mass is 16.3. The third-order valence-corrected chi connectivity index (χ3v) is 1.79. The standard InChI is InChI=1S/C9H21NO2/c1-7(2)4-8(3)10-9(5-11)6-12/h7-12H,4-6H2,1-3H3. The average molecular weight is 175 g/mol. The first-order valence-corrected chi connectivity index (χ1v) is 4.57. The molecule has 0 radical (unpaired) electrons. The summed E-state index contributed by atoms with van der Waals surface area (Å²) in [5, 5.41) is 20.7. The van der Waals surface area contributed by atoms with E-state index < -0.39 is 0 Å². The number of rotatable bonds is 6. The van der Waals surface area contributed by atoms with Crippen LogP contribution < -0.4 is 5.32 Å². The molecule has 0 aliphatic heterocycles.